The van der Waals surface area contributed by atoms with Gasteiger partial charge in [0, 0.05) is 37.8 Å². The lowest BCUT2D eigenvalue weighted by molar-refractivity contribution is -0.128. The molecular weight excluding hydrogens is 530 g/mol. The van der Waals surface area contributed by atoms with E-state index in [1.807, 2.05) is 18.2 Å². The smallest absolute Gasteiger partial charge is 0.318 e. The molecule has 0 bridgehead atoms. The second-order valence-electron chi connectivity index (χ2n) is 10.5. The van der Waals surface area contributed by atoms with E-state index in [2.05, 4.69) is 34.4 Å². The van der Waals surface area contributed by atoms with Gasteiger partial charge in [0.15, 0.2) is 5.75 Å². The van der Waals surface area contributed by atoms with Crippen molar-refractivity contribution in [3.8, 4) is 17.8 Å². The molecule has 4 heterocycles. The predicted molar refractivity (Wildman–Crippen MR) is 154 cm³/mol. The molecule has 3 aliphatic rings. The number of carbonyl (C=O) groups is 1. The fourth-order valence-electron chi connectivity index (χ4n) is 5.96. The van der Waals surface area contributed by atoms with Crippen LogP contribution in [0.4, 0.5) is 11.5 Å². The molecule has 0 N–H and O–H groups in total. The number of likely N-dealkylation sites (N-methyl/N-ethyl adjacent to an activating group) is 1. The lowest BCUT2D eigenvalue weighted by Gasteiger charge is -2.42. The number of carbonyl (C=O) groups excluding carboxylic acids is 1. The van der Waals surface area contributed by atoms with E-state index in [1.54, 1.807) is 12.0 Å². The summed E-state index contributed by atoms with van der Waals surface area (Å²) in [6.07, 6.45) is 4.53. The quantitative estimate of drug-likeness (QED) is 0.446. The molecule has 2 atom stereocenters. The second kappa shape index (κ2) is 12.3. The minimum absolute atomic E-state index is 0.152. The lowest BCUT2D eigenvalue weighted by atomic mass is 10.0. The van der Waals surface area contributed by atoms with Crippen LogP contribution in [0.1, 0.15) is 30.5 Å². The first-order valence-electron chi connectivity index (χ1n) is 13.8. The largest absolute Gasteiger partial charge is 0.493 e. The van der Waals surface area contributed by atoms with E-state index in [0.29, 0.717) is 55.6 Å². The maximum atomic E-state index is 12.5. The number of ether oxygens (including phenoxy) is 2. The number of hydrogen-bond acceptors (Lipinski definition) is 9. The van der Waals surface area contributed by atoms with Gasteiger partial charge < -0.3 is 29.1 Å². The van der Waals surface area contributed by atoms with Crippen molar-refractivity contribution < 1.29 is 14.3 Å². The molecule has 0 aliphatic carbocycles. The molecule has 0 saturated carbocycles. The summed E-state index contributed by atoms with van der Waals surface area (Å²) in [6, 6.07) is 8.44. The fourth-order valence-corrected chi connectivity index (χ4v) is 6.21. The highest BCUT2D eigenvalue weighted by atomic mass is 35.5. The van der Waals surface area contributed by atoms with E-state index in [1.165, 1.54) is 6.08 Å². The molecule has 5 rings (SSSR count). The number of amides is 1. The summed E-state index contributed by atoms with van der Waals surface area (Å²) in [5.74, 6) is 1.32. The summed E-state index contributed by atoms with van der Waals surface area (Å²) in [5.41, 5.74) is 2.89. The summed E-state index contributed by atoms with van der Waals surface area (Å²) < 4.78 is 11.9. The van der Waals surface area contributed by atoms with Gasteiger partial charge in [-0.1, -0.05) is 24.2 Å². The number of nitrogens with zero attached hydrogens (tertiary/aromatic N) is 7. The Balaban J connectivity index is 1.47. The summed E-state index contributed by atoms with van der Waals surface area (Å²) in [6.45, 7) is 8.12. The van der Waals surface area contributed by atoms with Crippen molar-refractivity contribution in [3.63, 3.8) is 0 Å². The zero-order valence-corrected chi connectivity index (χ0v) is 23.9. The Bertz CT molecular complexity index is 1300. The van der Waals surface area contributed by atoms with Gasteiger partial charge in [-0.05, 0) is 51.1 Å². The number of nitriles is 1. The Labute approximate surface area is 240 Å². The molecule has 10 nitrogen and oxygen atoms in total. The summed E-state index contributed by atoms with van der Waals surface area (Å²) in [5, 5.41) is 10.0. The number of aromatic nitrogens is 2. The number of anilines is 2. The minimum Gasteiger partial charge on any atom is -0.493 e. The average Bonchev–Trinajstić information content (AvgIpc) is 3.39. The molecule has 212 valence electrons. The Morgan fingerprint density at radius 1 is 1.23 bits per heavy atom. The second-order valence-corrected chi connectivity index (χ2v) is 10.9. The molecule has 1 aromatic carbocycles. The number of para-hydroxylation sites is 1. The van der Waals surface area contributed by atoms with Crippen LogP contribution in [0.25, 0.3) is 0 Å². The minimum atomic E-state index is -0.248. The molecule has 2 aromatic rings. The first kappa shape index (κ1) is 28.0. The number of likely N-dealkylation sites (tertiary alicyclic amines) is 1. The van der Waals surface area contributed by atoms with E-state index in [0.717, 1.165) is 55.1 Å². The molecule has 2 unspecified atom stereocenters. The Kier molecular flexibility index (Phi) is 8.62. The molecule has 1 amide bonds. The van der Waals surface area contributed by atoms with Crippen molar-refractivity contribution in [2.75, 3.05) is 63.3 Å². The molecular formula is C29H36ClN7O3. The number of benzene rings is 1. The molecule has 1 aromatic heterocycles. The van der Waals surface area contributed by atoms with Crippen LogP contribution in [-0.4, -0.2) is 91.2 Å². The summed E-state index contributed by atoms with van der Waals surface area (Å²) in [4.78, 5) is 30.7. The average molecular weight is 566 g/mol. The highest BCUT2D eigenvalue weighted by Crippen LogP contribution is 2.39. The molecule has 0 radical (unpaired) electrons. The number of piperazine rings is 1. The lowest BCUT2D eigenvalue weighted by Crippen LogP contribution is -2.55. The van der Waals surface area contributed by atoms with Gasteiger partial charge in [-0.25, -0.2) is 0 Å². The highest BCUT2D eigenvalue weighted by molar-refractivity contribution is 6.32. The van der Waals surface area contributed by atoms with Crippen LogP contribution >= 0.6 is 11.6 Å². The van der Waals surface area contributed by atoms with Gasteiger partial charge in [-0.3, -0.25) is 4.79 Å². The third kappa shape index (κ3) is 5.67. The molecule has 40 heavy (non-hydrogen) atoms. The first-order valence-corrected chi connectivity index (χ1v) is 14.2. The number of methoxy groups -OCH3 is 1. The molecule has 2 saturated heterocycles. The molecule has 2 fully saturated rings. The Hall–Kier alpha value is -3.55. The van der Waals surface area contributed by atoms with Crippen molar-refractivity contribution in [1.82, 2.24) is 19.8 Å². The monoisotopic (exact) mass is 565 g/mol. The maximum Gasteiger partial charge on any atom is 0.318 e. The Morgan fingerprint density at radius 3 is 2.80 bits per heavy atom. The summed E-state index contributed by atoms with van der Waals surface area (Å²) in [7, 11) is 3.75. The topological polar surface area (TPSA) is 98.1 Å². The number of fused-ring (bicyclic) bond motifs is 1. The van der Waals surface area contributed by atoms with E-state index >= 15 is 0 Å². The van der Waals surface area contributed by atoms with Gasteiger partial charge in [0.25, 0.3) is 0 Å². The van der Waals surface area contributed by atoms with Crippen LogP contribution in [0.2, 0.25) is 5.02 Å². The van der Waals surface area contributed by atoms with Crippen LogP contribution in [0, 0.1) is 11.3 Å². The third-order valence-electron chi connectivity index (χ3n) is 8.16. The number of halogens is 1. The van der Waals surface area contributed by atoms with E-state index in [9.17, 15) is 10.1 Å². The van der Waals surface area contributed by atoms with Crippen LogP contribution in [0.3, 0.4) is 0 Å². The van der Waals surface area contributed by atoms with Crippen LogP contribution in [0.15, 0.2) is 30.9 Å². The van der Waals surface area contributed by atoms with Crippen molar-refractivity contribution in [2.45, 2.75) is 44.3 Å². The van der Waals surface area contributed by atoms with E-state index in [4.69, 9.17) is 31.0 Å². The summed E-state index contributed by atoms with van der Waals surface area (Å²) >= 11 is 6.44. The van der Waals surface area contributed by atoms with E-state index in [-0.39, 0.29) is 18.4 Å². The third-order valence-corrected chi connectivity index (χ3v) is 8.45. The van der Waals surface area contributed by atoms with Gasteiger partial charge in [-0.2, -0.15) is 15.2 Å². The molecule has 0 spiro atoms. The van der Waals surface area contributed by atoms with Crippen LogP contribution < -0.4 is 19.3 Å². The predicted octanol–water partition coefficient (Wildman–Crippen LogP) is 3.29. The van der Waals surface area contributed by atoms with Gasteiger partial charge in [-0.15, -0.1) is 0 Å². The van der Waals surface area contributed by atoms with Crippen molar-refractivity contribution >= 4 is 29.0 Å². The van der Waals surface area contributed by atoms with Crippen LogP contribution in [0.5, 0.6) is 11.8 Å². The standard InChI is InChI=1S/C29H36ClN7O3/c1-4-26(38)37-16-15-36(17-20(37)10-12-31)28-22-11-14-35(25-9-5-8-23(30)27(25)39-3)18-24(22)32-29(33-28)40-19-21-7-6-13-34(21)2/h4-5,8-9,20-21H,1,6-7,10-11,13-19H2,2-3H3. The first-order chi connectivity index (χ1) is 19.4. The maximum absolute atomic E-state index is 12.5. The molecule has 3 aliphatic heterocycles. The van der Waals surface area contributed by atoms with Gasteiger partial charge >= 0.3 is 6.01 Å². The van der Waals surface area contributed by atoms with Crippen molar-refractivity contribution in [3.05, 3.63) is 47.1 Å². The van der Waals surface area contributed by atoms with Gasteiger partial charge in [0.05, 0.1) is 48.6 Å². The highest BCUT2D eigenvalue weighted by Gasteiger charge is 2.34. The SMILES string of the molecule is C=CC(=O)N1CCN(c2nc(OCC3CCCN3C)nc3c2CCN(c2cccc(Cl)c2OC)C3)CC1CC#N. The zero-order valence-electron chi connectivity index (χ0n) is 23.2. The van der Waals surface area contributed by atoms with Gasteiger partial charge in [0.2, 0.25) is 5.91 Å². The van der Waals surface area contributed by atoms with Gasteiger partial charge in [0.1, 0.15) is 12.4 Å². The zero-order chi connectivity index (χ0) is 28.2. The fraction of sp³-hybridized carbons (Fsp3) is 0.517. The van der Waals surface area contributed by atoms with Crippen molar-refractivity contribution in [2.24, 2.45) is 0 Å². The number of hydrogen-bond donors (Lipinski definition) is 0. The van der Waals surface area contributed by atoms with Crippen molar-refractivity contribution in [1.29, 1.82) is 5.26 Å². The molecule has 11 heteroatoms. The van der Waals surface area contributed by atoms with Crippen LogP contribution in [-0.2, 0) is 17.8 Å². The normalized spacial score (nSPS) is 21.1. The van der Waals surface area contributed by atoms with E-state index < -0.39 is 0 Å². The Morgan fingerprint density at radius 2 is 2.08 bits per heavy atom. The number of rotatable bonds is 8.